The normalized spacial score (nSPS) is 10.9. The molecule has 2 aromatic carbocycles. The van der Waals surface area contributed by atoms with Crippen molar-refractivity contribution in [3.05, 3.63) is 86.4 Å². The standard InChI is InChI=1S/C22H19Cl3N6O2/c1-13-8-15(9-14(2)20(13)25)33-12-30-7-6-19(28-30)21(32)27-22-26-11-31(29-22)10-16-17(23)4-3-5-18(16)24/h3-9,11H,10,12H2,1-2H3,(H,27,29,32). The predicted octanol–water partition coefficient (Wildman–Crippen LogP) is 5.39. The van der Waals surface area contributed by atoms with E-state index in [1.165, 1.54) is 15.7 Å². The molecular weight excluding hydrogens is 487 g/mol. The van der Waals surface area contributed by atoms with Gasteiger partial charge in [0.15, 0.2) is 12.4 Å². The van der Waals surface area contributed by atoms with Gasteiger partial charge in [-0.15, -0.1) is 5.10 Å². The van der Waals surface area contributed by atoms with E-state index in [0.717, 1.165) is 11.1 Å². The highest BCUT2D eigenvalue weighted by molar-refractivity contribution is 6.36. The van der Waals surface area contributed by atoms with Gasteiger partial charge in [0.2, 0.25) is 5.95 Å². The molecule has 0 fully saturated rings. The van der Waals surface area contributed by atoms with Crippen LogP contribution in [0.5, 0.6) is 5.75 Å². The minimum absolute atomic E-state index is 0.138. The Morgan fingerprint density at radius 2 is 1.73 bits per heavy atom. The number of aromatic nitrogens is 5. The highest BCUT2D eigenvalue weighted by Gasteiger charge is 2.14. The molecule has 0 saturated carbocycles. The molecule has 4 aromatic rings. The third-order valence-corrected chi connectivity index (χ3v) is 6.09. The molecule has 1 N–H and O–H groups in total. The lowest BCUT2D eigenvalue weighted by Gasteiger charge is -2.10. The number of aryl methyl sites for hydroxylation is 2. The third-order valence-electron chi connectivity index (χ3n) is 4.79. The van der Waals surface area contributed by atoms with Crippen LogP contribution in [0.2, 0.25) is 15.1 Å². The maximum atomic E-state index is 12.5. The number of hydrogen-bond acceptors (Lipinski definition) is 5. The largest absolute Gasteiger partial charge is 0.471 e. The van der Waals surface area contributed by atoms with E-state index in [-0.39, 0.29) is 18.4 Å². The van der Waals surface area contributed by atoms with Gasteiger partial charge in [0.1, 0.15) is 12.1 Å². The van der Waals surface area contributed by atoms with Crippen molar-refractivity contribution in [3.8, 4) is 5.75 Å². The fourth-order valence-electron chi connectivity index (χ4n) is 3.12. The molecule has 0 radical (unpaired) electrons. The lowest BCUT2D eigenvalue weighted by atomic mass is 10.1. The minimum atomic E-state index is -0.444. The number of hydrogen-bond donors (Lipinski definition) is 1. The van der Waals surface area contributed by atoms with Gasteiger partial charge >= 0.3 is 0 Å². The van der Waals surface area contributed by atoms with E-state index < -0.39 is 5.91 Å². The van der Waals surface area contributed by atoms with Crippen LogP contribution in [0.1, 0.15) is 27.2 Å². The van der Waals surface area contributed by atoms with Gasteiger partial charge < -0.3 is 4.74 Å². The smallest absolute Gasteiger partial charge is 0.278 e. The molecule has 4 rings (SSSR count). The highest BCUT2D eigenvalue weighted by Crippen LogP contribution is 2.26. The number of carbonyl (C=O) groups is 1. The van der Waals surface area contributed by atoms with E-state index in [1.54, 1.807) is 30.5 Å². The summed E-state index contributed by atoms with van der Waals surface area (Å²) >= 11 is 18.6. The zero-order valence-corrected chi connectivity index (χ0v) is 20.0. The Labute approximate surface area is 205 Å². The van der Waals surface area contributed by atoms with E-state index >= 15 is 0 Å². The summed E-state index contributed by atoms with van der Waals surface area (Å²) in [5, 5.41) is 12.9. The van der Waals surface area contributed by atoms with Gasteiger partial charge in [-0.3, -0.25) is 10.1 Å². The van der Waals surface area contributed by atoms with Crippen LogP contribution in [0, 0.1) is 13.8 Å². The minimum Gasteiger partial charge on any atom is -0.471 e. The molecule has 2 aromatic heterocycles. The van der Waals surface area contributed by atoms with Crippen molar-refractivity contribution in [2.75, 3.05) is 5.32 Å². The van der Waals surface area contributed by atoms with Crippen LogP contribution in [-0.4, -0.2) is 30.5 Å². The van der Waals surface area contributed by atoms with Gasteiger partial charge in [0, 0.05) is 26.8 Å². The molecular formula is C22H19Cl3N6O2. The zero-order chi connectivity index (χ0) is 23.5. The Morgan fingerprint density at radius 3 is 2.42 bits per heavy atom. The van der Waals surface area contributed by atoms with Crippen LogP contribution in [0.25, 0.3) is 0 Å². The fraction of sp³-hybridized carbons (Fsp3) is 0.182. The summed E-state index contributed by atoms with van der Waals surface area (Å²) in [6.45, 7) is 4.28. The Balaban J connectivity index is 1.36. The zero-order valence-electron chi connectivity index (χ0n) is 17.7. The maximum absolute atomic E-state index is 12.5. The first kappa shape index (κ1) is 23.1. The number of anilines is 1. The molecule has 0 bridgehead atoms. The number of nitrogens with one attached hydrogen (secondary N) is 1. The molecule has 0 unspecified atom stereocenters. The molecule has 2 heterocycles. The number of rotatable bonds is 7. The average molecular weight is 506 g/mol. The van der Waals surface area contributed by atoms with Gasteiger partial charge in [-0.1, -0.05) is 40.9 Å². The number of halogens is 3. The molecule has 0 saturated heterocycles. The number of carbonyl (C=O) groups excluding carboxylic acids is 1. The van der Waals surface area contributed by atoms with Gasteiger partial charge in [-0.25, -0.2) is 14.3 Å². The van der Waals surface area contributed by atoms with Crippen LogP contribution in [0.3, 0.4) is 0 Å². The summed E-state index contributed by atoms with van der Waals surface area (Å²) in [5.41, 5.74) is 2.77. The van der Waals surface area contributed by atoms with Crippen molar-refractivity contribution in [2.45, 2.75) is 27.1 Å². The summed E-state index contributed by atoms with van der Waals surface area (Å²) in [7, 11) is 0. The van der Waals surface area contributed by atoms with Gasteiger partial charge in [0.25, 0.3) is 5.91 Å². The lowest BCUT2D eigenvalue weighted by molar-refractivity contribution is 0.101. The maximum Gasteiger partial charge on any atom is 0.278 e. The lowest BCUT2D eigenvalue weighted by Crippen LogP contribution is -2.15. The SMILES string of the molecule is Cc1cc(OCn2ccc(C(=O)Nc3ncn(Cc4c(Cl)cccc4Cl)n3)n2)cc(C)c1Cl. The van der Waals surface area contributed by atoms with Crippen molar-refractivity contribution >= 4 is 46.7 Å². The predicted molar refractivity (Wildman–Crippen MR) is 127 cm³/mol. The van der Waals surface area contributed by atoms with Crippen LogP contribution >= 0.6 is 34.8 Å². The fourth-order valence-corrected chi connectivity index (χ4v) is 3.75. The molecule has 0 spiro atoms. The van der Waals surface area contributed by atoms with Crippen molar-refractivity contribution in [3.63, 3.8) is 0 Å². The topological polar surface area (TPSA) is 86.9 Å². The van der Waals surface area contributed by atoms with Crippen LogP contribution in [0.15, 0.2) is 48.9 Å². The Hall–Kier alpha value is -3.07. The first-order chi connectivity index (χ1) is 15.8. The second-order valence-corrected chi connectivity index (χ2v) is 8.50. The molecule has 0 aliphatic carbocycles. The molecule has 1 amide bonds. The third kappa shape index (κ3) is 5.47. The molecule has 170 valence electrons. The van der Waals surface area contributed by atoms with Crippen LogP contribution < -0.4 is 10.1 Å². The van der Waals surface area contributed by atoms with Crippen molar-refractivity contribution in [1.29, 1.82) is 0 Å². The highest BCUT2D eigenvalue weighted by atomic mass is 35.5. The van der Waals surface area contributed by atoms with Gasteiger partial charge in [0.05, 0.1) is 6.54 Å². The molecule has 11 heteroatoms. The first-order valence-corrected chi connectivity index (χ1v) is 11.0. The van der Waals surface area contributed by atoms with Crippen molar-refractivity contribution in [1.82, 2.24) is 24.5 Å². The van der Waals surface area contributed by atoms with E-state index in [1.807, 2.05) is 26.0 Å². The van der Waals surface area contributed by atoms with Crippen molar-refractivity contribution in [2.24, 2.45) is 0 Å². The Morgan fingerprint density at radius 1 is 1.03 bits per heavy atom. The Bertz CT molecular complexity index is 1270. The van der Waals surface area contributed by atoms with Gasteiger partial charge in [-0.05, 0) is 55.3 Å². The second-order valence-electron chi connectivity index (χ2n) is 7.31. The van der Waals surface area contributed by atoms with E-state index in [0.29, 0.717) is 32.9 Å². The number of nitrogens with zero attached hydrogens (tertiary/aromatic N) is 5. The van der Waals surface area contributed by atoms with Gasteiger partial charge in [-0.2, -0.15) is 5.10 Å². The molecule has 0 atom stereocenters. The summed E-state index contributed by atoms with van der Waals surface area (Å²) in [4.78, 5) is 16.6. The van der Waals surface area contributed by atoms with Crippen LogP contribution in [-0.2, 0) is 13.3 Å². The molecule has 33 heavy (non-hydrogen) atoms. The summed E-state index contributed by atoms with van der Waals surface area (Å²) in [5.74, 6) is 0.366. The average Bonchev–Trinajstić information content (AvgIpc) is 3.43. The van der Waals surface area contributed by atoms with E-state index in [2.05, 4.69) is 20.5 Å². The molecule has 0 aliphatic rings. The monoisotopic (exact) mass is 504 g/mol. The van der Waals surface area contributed by atoms with Crippen LogP contribution in [0.4, 0.5) is 5.95 Å². The summed E-state index contributed by atoms with van der Waals surface area (Å²) in [6, 6.07) is 10.5. The number of amides is 1. The second kappa shape index (κ2) is 9.82. The quantitative estimate of drug-likeness (QED) is 0.364. The molecule has 8 nitrogen and oxygen atoms in total. The van der Waals surface area contributed by atoms with Crippen molar-refractivity contribution < 1.29 is 9.53 Å². The first-order valence-electron chi connectivity index (χ1n) is 9.87. The van der Waals surface area contributed by atoms with E-state index in [4.69, 9.17) is 39.5 Å². The Kier molecular flexibility index (Phi) is 6.88. The van der Waals surface area contributed by atoms with E-state index in [9.17, 15) is 4.79 Å². The number of ether oxygens (including phenoxy) is 1. The number of benzene rings is 2. The summed E-state index contributed by atoms with van der Waals surface area (Å²) in [6.07, 6.45) is 3.13. The molecule has 0 aliphatic heterocycles. The summed E-state index contributed by atoms with van der Waals surface area (Å²) < 4.78 is 8.81.